The Labute approximate surface area is 238 Å². The number of amides is 2. The fraction of sp³-hybridized carbons (Fsp3) is 0.531. The van der Waals surface area contributed by atoms with E-state index in [1.807, 2.05) is 6.07 Å². The number of nitrogens with zero attached hydrogens (tertiary/aromatic N) is 1. The lowest BCUT2D eigenvalue weighted by Crippen LogP contribution is -2.62. The highest BCUT2D eigenvalue weighted by Crippen LogP contribution is 2.54. The van der Waals surface area contributed by atoms with Crippen LogP contribution in [0.25, 0.3) is 0 Å². The Morgan fingerprint density at radius 1 is 0.976 bits per heavy atom. The Kier molecular flexibility index (Phi) is 7.12. The summed E-state index contributed by atoms with van der Waals surface area (Å²) in [4.78, 5) is 39.9. The second-order valence-corrected chi connectivity index (χ2v) is 12.5. The van der Waals surface area contributed by atoms with Gasteiger partial charge in [0.25, 0.3) is 0 Å². The average Bonchev–Trinajstić information content (AvgIpc) is 3.72. The molecule has 1 saturated heterocycles. The highest BCUT2D eigenvalue weighted by Gasteiger charge is 2.60. The number of likely N-dealkylation sites (tertiary alicyclic amines) is 1. The number of hydrogen-bond acceptors (Lipinski definition) is 5. The third-order valence-electron chi connectivity index (χ3n) is 9.89. The summed E-state index contributed by atoms with van der Waals surface area (Å²) in [6.07, 6.45) is 4.94. The number of quaternary nitrogens is 1. The molecule has 41 heavy (non-hydrogen) atoms. The number of halogens is 2. The van der Waals surface area contributed by atoms with Gasteiger partial charge < -0.3 is 14.6 Å². The van der Waals surface area contributed by atoms with Gasteiger partial charge in [-0.25, -0.2) is 18.4 Å². The molecule has 1 N–H and O–H groups in total. The zero-order valence-electron chi connectivity index (χ0n) is 23.1. The first kappa shape index (κ1) is 27.8. The van der Waals surface area contributed by atoms with Crippen LogP contribution in [0.1, 0.15) is 91.6 Å². The van der Waals surface area contributed by atoms with Crippen molar-refractivity contribution in [1.82, 2.24) is 0 Å². The van der Waals surface area contributed by atoms with Gasteiger partial charge >= 0.3 is 18.0 Å². The third-order valence-corrected chi connectivity index (χ3v) is 9.89. The standard InChI is InChI=1S/C32H35F2NO6/c33-25-18-27(41-20-31-10-13-32(34,14-11-31)15-12-31)23(22-8-9-22)17-24(25)28(36)35(16-4-7-26(35)29(37)38)30(39)40-19-21-5-2-1-3-6-21/h1-3,5-6,17-18,22,26H,4,7-16,19-20H2/p+1/t26-,31?,32?,35?/m0/s1. The minimum Gasteiger partial charge on any atom is -0.493 e. The summed E-state index contributed by atoms with van der Waals surface area (Å²) in [7, 11) is 0. The smallest absolute Gasteiger partial charge is 0.493 e. The van der Waals surface area contributed by atoms with Crippen LogP contribution in [0, 0.1) is 11.2 Å². The lowest BCUT2D eigenvalue weighted by molar-refractivity contribution is -0.780. The van der Waals surface area contributed by atoms with E-state index in [1.54, 1.807) is 24.3 Å². The van der Waals surface area contributed by atoms with Gasteiger partial charge in [0.1, 0.15) is 29.4 Å². The largest absolute Gasteiger partial charge is 0.524 e. The monoisotopic (exact) mass is 568 g/mol. The van der Waals surface area contributed by atoms with E-state index >= 15 is 4.39 Å². The van der Waals surface area contributed by atoms with E-state index in [2.05, 4.69) is 0 Å². The molecule has 4 aliphatic carbocycles. The summed E-state index contributed by atoms with van der Waals surface area (Å²) in [5, 5.41) is 9.99. The Hall–Kier alpha value is -3.33. The van der Waals surface area contributed by atoms with Crippen LogP contribution in [-0.2, 0) is 16.1 Å². The molecule has 7 rings (SSSR count). The van der Waals surface area contributed by atoms with Crippen molar-refractivity contribution in [3.05, 3.63) is 65.0 Å². The molecule has 2 atom stereocenters. The van der Waals surface area contributed by atoms with E-state index in [9.17, 15) is 23.9 Å². The number of aliphatic carboxylic acids is 1. The van der Waals surface area contributed by atoms with Crippen LogP contribution >= 0.6 is 0 Å². The quantitative estimate of drug-likeness (QED) is 0.357. The van der Waals surface area contributed by atoms with E-state index in [0.29, 0.717) is 49.2 Å². The van der Waals surface area contributed by atoms with Gasteiger partial charge in [-0.05, 0) is 74.5 Å². The second kappa shape index (κ2) is 10.5. The van der Waals surface area contributed by atoms with Crippen LogP contribution in [0.3, 0.4) is 0 Å². The molecule has 7 nitrogen and oxygen atoms in total. The molecular weight excluding hydrogens is 532 g/mol. The number of benzene rings is 2. The summed E-state index contributed by atoms with van der Waals surface area (Å²) in [5.41, 5.74) is -0.116. The molecule has 1 unspecified atom stereocenters. The maximum absolute atomic E-state index is 15.8. The number of fused-ring (bicyclic) bond motifs is 3. The molecule has 2 aromatic rings. The fourth-order valence-electron chi connectivity index (χ4n) is 7.06. The molecule has 2 bridgehead atoms. The molecule has 0 radical (unpaired) electrons. The Bertz CT molecular complexity index is 1330. The first-order chi connectivity index (χ1) is 19.6. The third kappa shape index (κ3) is 5.13. The average molecular weight is 569 g/mol. The number of carbonyl (C=O) groups excluding carboxylic acids is 2. The lowest BCUT2D eigenvalue weighted by Gasteiger charge is -2.49. The van der Waals surface area contributed by atoms with Gasteiger partial charge in [0.05, 0.1) is 13.2 Å². The molecule has 5 fully saturated rings. The summed E-state index contributed by atoms with van der Waals surface area (Å²) in [6.45, 7) is 0.147. The molecule has 0 spiro atoms. The topological polar surface area (TPSA) is 89.9 Å². The van der Waals surface area contributed by atoms with Crippen molar-refractivity contribution in [3.8, 4) is 5.75 Å². The summed E-state index contributed by atoms with van der Waals surface area (Å²) >= 11 is 0. The van der Waals surface area contributed by atoms with Gasteiger partial charge in [0, 0.05) is 24.3 Å². The number of imide groups is 1. The van der Waals surface area contributed by atoms with E-state index < -0.39 is 40.0 Å². The van der Waals surface area contributed by atoms with Crippen molar-refractivity contribution >= 4 is 18.0 Å². The summed E-state index contributed by atoms with van der Waals surface area (Å²) in [5.74, 6) is -2.60. The molecule has 218 valence electrons. The van der Waals surface area contributed by atoms with Crippen molar-refractivity contribution in [1.29, 1.82) is 0 Å². The second-order valence-electron chi connectivity index (χ2n) is 12.5. The molecule has 2 aromatic carbocycles. The predicted octanol–water partition coefficient (Wildman–Crippen LogP) is 6.69. The first-order valence-corrected chi connectivity index (χ1v) is 14.7. The maximum Gasteiger partial charge on any atom is 0.524 e. The SMILES string of the molecule is O=C(O)[C@@H]1CCC[N+]1(C(=O)OCc1ccccc1)C(=O)c1cc(C2CC2)c(OCC23CCC(F)(CC2)CC3)cc1F. The number of alkyl halides is 1. The molecule has 1 heterocycles. The van der Waals surface area contributed by atoms with Crippen molar-refractivity contribution < 1.29 is 42.2 Å². The van der Waals surface area contributed by atoms with Crippen LogP contribution in [0.2, 0.25) is 0 Å². The molecule has 1 aliphatic heterocycles. The van der Waals surface area contributed by atoms with Gasteiger partial charge in [-0.2, -0.15) is 4.79 Å². The highest BCUT2D eigenvalue weighted by atomic mass is 19.1. The number of hydrogen-bond donors (Lipinski definition) is 1. The lowest BCUT2D eigenvalue weighted by atomic mass is 9.60. The molecular formula is C32H36F2NO6+. The summed E-state index contributed by atoms with van der Waals surface area (Å²) in [6, 6.07) is 10.2. The van der Waals surface area contributed by atoms with Crippen LogP contribution in [0.5, 0.6) is 5.75 Å². The van der Waals surface area contributed by atoms with Gasteiger partial charge in [-0.15, -0.1) is 4.48 Å². The van der Waals surface area contributed by atoms with Crippen molar-refractivity contribution in [2.45, 2.75) is 88.4 Å². The van der Waals surface area contributed by atoms with Gasteiger partial charge in [-0.3, -0.25) is 0 Å². The zero-order chi connectivity index (χ0) is 28.8. The van der Waals surface area contributed by atoms with E-state index in [1.165, 1.54) is 12.1 Å². The first-order valence-electron chi connectivity index (χ1n) is 14.7. The number of ether oxygens (including phenoxy) is 2. The maximum atomic E-state index is 15.8. The number of carbonyl (C=O) groups is 3. The van der Waals surface area contributed by atoms with E-state index in [0.717, 1.165) is 32.1 Å². The van der Waals surface area contributed by atoms with E-state index in [4.69, 9.17) is 9.47 Å². The van der Waals surface area contributed by atoms with Crippen molar-refractivity contribution in [3.63, 3.8) is 0 Å². The zero-order valence-corrected chi connectivity index (χ0v) is 23.1. The number of rotatable bonds is 8. The number of carboxylic acids is 1. The van der Waals surface area contributed by atoms with Crippen molar-refractivity contribution in [2.75, 3.05) is 13.2 Å². The van der Waals surface area contributed by atoms with Gasteiger partial charge in [0.15, 0.2) is 0 Å². The Morgan fingerprint density at radius 2 is 1.66 bits per heavy atom. The van der Waals surface area contributed by atoms with Crippen LogP contribution in [0.4, 0.5) is 13.6 Å². The van der Waals surface area contributed by atoms with E-state index in [-0.39, 0.29) is 36.5 Å². The molecule has 9 heteroatoms. The highest BCUT2D eigenvalue weighted by molar-refractivity contribution is 5.97. The van der Waals surface area contributed by atoms with Gasteiger partial charge in [-0.1, -0.05) is 30.3 Å². The predicted molar refractivity (Wildman–Crippen MR) is 145 cm³/mol. The Morgan fingerprint density at radius 3 is 2.29 bits per heavy atom. The molecule has 0 aromatic heterocycles. The number of carboxylic acid groups (broad SMARTS) is 1. The summed E-state index contributed by atoms with van der Waals surface area (Å²) < 4.78 is 41.0. The molecule has 2 amide bonds. The minimum absolute atomic E-state index is 0.0849. The minimum atomic E-state index is -1.37. The Balaban J connectivity index is 1.28. The van der Waals surface area contributed by atoms with Crippen LogP contribution in [0.15, 0.2) is 42.5 Å². The fourth-order valence-corrected chi connectivity index (χ4v) is 7.06. The normalized spacial score (nSPS) is 30.6. The molecule has 5 aliphatic rings. The van der Waals surface area contributed by atoms with Crippen molar-refractivity contribution in [2.24, 2.45) is 5.41 Å². The molecule has 4 saturated carbocycles. The van der Waals surface area contributed by atoms with Crippen LogP contribution < -0.4 is 4.74 Å². The van der Waals surface area contributed by atoms with Gasteiger partial charge in [0.2, 0.25) is 6.04 Å². The van der Waals surface area contributed by atoms with Crippen LogP contribution in [-0.4, -0.2) is 52.4 Å².